The van der Waals surface area contributed by atoms with Crippen molar-refractivity contribution < 1.29 is 9.53 Å². The second-order valence-electron chi connectivity index (χ2n) is 6.42. The highest BCUT2D eigenvalue weighted by Crippen LogP contribution is 2.18. The lowest BCUT2D eigenvalue weighted by Gasteiger charge is -2.13. The van der Waals surface area contributed by atoms with Crippen LogP contribution in [0, 0.1) is 0 Å². The Morgan fingerprint density at radius 1 is 1.42 bits per heavy atom. The van der Waals surface area contributed by atoms with E-state index in [0.29, 0.717) is 18.7 Å². The Morgan fingerprint density at radius 2 is 2.27 bits per heavy atom. The number of carbonyl (C=O) groups is 1. The van der Waals surface area contributed by atoms with Crippen LogP contribution < -0.4 is 26.1 Å². The minimum atomic E-state index is -0.0429. The second-order valence-corrected chi connectivity index (χ2v) is 7.04. The van der Waals surface area contributed by atoms with Crippen LogP contribution in [0.4, 0.5) is 0 Å². The predicted octanol–water partition coefficient (Wildman–Crippen LogP) is 1.38. The molecule has 0 saturated heterocycles. The number of benzene rings is 1. The second kappa shape index (κ2) is 8.50. The molecule has 0 bridgehead atoms. The molecule has 1 aromatic heterocycles. The summed E-state index contributed by atoms with van der Waals surface area (Å²) >= 11 is 0. The van der Waals surface area contributed by atoms with Crippen LogP contribution >= 0.6 is 9.24 Å². The van der Waals surface area contributed by atoms with E-state index < -0.39 is 0 Å². The molecule has 2 aromatic rings. The van der Waals surface area contributed by atoms with Gasteiger partial charge in [-0.05, 0) is 24.2 Å². The number of aromatic nitrogens is 1. The number of amides is 1. The maximum absolute atomic E-state index is 12.6. The Bertz CT molecular complexity index is 918. The molecule has 1 atom stereocenters. The van der Waals surface area contributed by atoms with E-state index in [0.717, 1.165) is 53.1 Å². The first-order chi connectivity index (χ1) is 12.7. The quantitative estimate of drug-likeness (QED) is 0.591. The average Bonchev–Trinajstić information content (AvgIpc) is 3.02. The van der Waals surface area contributed by atoms with Gasteiger partial charge in [0.25, 0.3) is 5.91 Å². The van der Waals surface area contributed by atoms with Gasteiger partial charge in [0.1, 0.15) is 5.75 Å². The summed E-state index contributed by atoms with van der Waals surface area (Å²) in [6.07, 6.45) is 7.03. The van der Waals surface area contributed by atoms with Gasteiger partial charge >= 0.3 is 0 Å². The van der Waals surface area contributed by atoms with E-state index >= 15 is 0 Å². The Morgan fingerprint density at radius 3 is 3.04 bits per heavy atom. The van der Waals surface area contributed by atoms with Crippen LogP contribution in [0.1, 0.15) is 42.1 Å². The van der Waals surface area contributed by atoms with Gasteiger partial charge in [0.05, 0.1) is 29.9 Å². The van der Waals surface area contributed by atoms with Crippen LogP contribution in [-0.2, 0) is 6.54 Å². The van der Waals surface area contributed by atoms with Crippen LogP contribution in [0.5, 0.6) is 5.75 Å². The molecule has 0 spiro atoms. The molecule has 0 saturated carbocycles. The van der Waals surface area contributed by atoms with Gasteiger partial charge < -0.3 is 14.6 Å². The van der Waals surface area contributed by atoms with Crippen LogP contribution in [0.3, 0.4) is 0 Å². The maximum Gasteiger partial charge on any atom is 0.255 e. The lowest BCUT2D eigenvalue weighted by molar-refractivity contribution is 0.0952. The standard InChI is InChI=1S/C20H26N3O2P/c1-3-4-10-22-20(24)15-13-23(16-7-6-11-21-19(15)16)12-14-17(25-2)8-5-9-18(14)26/h5,7-9,13H,3-4,6,10-12,26H2,1-2H3,(H,22,24). The number of fused-ring (bicyclic) bond motifs is 1. The summed E-state index contributed by atoms with van der Waals surface area (Å²) in [5.41, 5.74) is 1.75. The van der Waals surface area contributed by atoms with Crippen molar-refractivity contribution in [3.8, 4) is 5.75 Å². The third kappa shape index (κ3) is 3.83. The Hall–Kier alpha value is -2.13. The first-order valence-corrected chi connectivity index (χ1v) is 9.66. The fourth-order valence-corrected chi connectivity index (χ4v) is 3.55. The Balaban J connectivity index is 1.99. The fourth-order valence-electron chi connectivity index (χ4n) is 3.20. The molecule has 1 amide bonds. The number of rotatable bonds is 7. The Kier molecular flexibility index (Phi) is 6.10. The van der Waals surface area contributed by atoms with E-state index in [4.69, 9.17) is 4.74 Å². The highest BCUT2D eigenvalue weighted by molar-refractivity contribution is 7.27. The molecular weight excluding hydrogens is 345 g/mol. The molecule has 0 aliphatic carbocycles. The smallest absolute Gasteiger partial charge is 0.255 e. The zero-order valence-electron chi connectivity index (χ0n) is 15.4. The van der Waals surface area contributed by atoms with Crippen molar-refractivity contribution in [2.24, 2.45) is 4.99 Å². The molecule has 1 N–H and O–H groups in total. The Labute approximate surface area is 156 Å². The van der Waals surface area contributed by atoms with E-state index in [1.165, 1.54) is 0 Å². The van der Waals surface area contributed by atoms with Gasteiger partial charge in [-0.15, -0.1) is 9.24 Å². The summed E-state index contributed by atoms with van der Waals surface area (Å²) in [5.74, 6) is 0.806. The summed E-state index contributed by atoms with van der Waals surface area (Å²) in [6, 6.07) is 5.99. The maximum atomic E-state index is 12.6. The number of hydrogen-bond donors (Lipinski definition) is 1. The summed E-state index contributed by atoms with van der Waals surface area (Å²) in [7, 11) is 4.45. The number of carbonyl (C=O) groups excluding carboxylic acids is 1. The number of methoxy groups -OCH3 is 1. The molecule has 1 unspecified atom stereocenters. The van der Waals surface area contributed by atoms with Crippen molar-refractivity contribution in [3.63, 3.8) is 0 Å². The molecule has 5 nitrogen and oxygen atoms in total. The molecule has 26 heavy (non-hydrogen) atoms. The normalized spacial score (nSPS) is 12.7. The molecule has 0 fully saturated rings. The van der Waals surface area contributed by atoms with E-state index in [1.54, 1.807) is 7.11 Å². The zero-order chi connectivity index (χ0) is 18.5. The first kappa shape index (κ1) is 18.7. The number of nitrogens with zero attached hydrogens (tertiary/aromatic N) is 2. The SMILES string of the molecule is CCCCNC(=O)c1cn(Cc2c(P)cccc2OC)c2c1=NCCC=2. The van der Waals surface area contributed by atoms with Crippen molar-refractivity contribution in [2.45, 2.75) is 32.7 Å². The van der Waals surface area contributed by atoms with Crippen molar-refractivity contribution in [2.75, 3.05) is 20.2 Å². The van der Waals surface area contributed by atoms with E-state index in [9.17, 15) is 4.79 Å². The minimum absolute atomic E-state index is 0.0429. The average molecular weight is 371 g/mol. The van der Waals surface area contributed by atoms with Crippen molar-refractivity contribution in [1.29, 1.82) is 0 Å². The monoisotopic (exact) mass is 371 g/mol. The lowest BCUT2D eigenvalue weighted by Crippen LogP contribution is -2.37. The summed E-state index contributed by atoms with van der Waals surface area (Å²) in [6.45, 7) is 4.18. The van der Waals surface area contributed by atoms with Crippen LogP contribution in [-0.4, -0.2) is 30.7 Å². The van der Waals surface area contributed by atoms with Crippen molar-refractivity contribution in [1.82, 2.24) is 9.88 Å². The van der Waals surface area contributed by atoms with Gasteiger partial charge in [-0.2, -0.15) is 0 Å². The number of nitrogens with one attached hydrogen (secondary N) is 1. The van der Waals surface area contributed by atoms with Crippen LogP contribution in [0.2, 0.25) is 0 Å². The highest BCUT2D eigenvalue weighted by Gasteiger charge is 2.17. The number of unbranched alkanes of at least 4 members (excludes halogenated alkanes) is 1. The van der Waals surface area contributed by atoms with E-state index in [2.05, 4.69) is 37.1 Å². The van der Waals surface area contributed by atoms with Crippen LogP contribution in [0.25, 0.3) is 6.08 Å². The molecule has 138 valence electrons. The van der Waals surface area contributed by atoms with Crippen LogP contribution in [0.15, 0.2) is 29.4 Å². The number of ether oxygens (including phenoxy) is 1. The van der Waals surface area contributed by atoms with Gasteiger partial charge in [0.15, 0.2) is 0 Å². The third-order valence-electron chi connectivity index (χ3n) is 4.61. The largest absolute Gasteiger partial charge is 0.496 e. The molecule has 6 heteroatoms. The summed E-state index contributed by atoms with van der Waals surface area (Å²) < 4.78 is 7.63. The van der Waals surface area contributed by atoms with Crippen molar-refractivity contribution in [3.05, 3.63) is 46.2 Å². The molecule has 2 heterocycles. The molecule has 1 aliphatic rings. The van der Waals surface area contributed by atoms with E-state index in [-0.39, 0.29) is 5.91 Å². The molecule has 1 aromatic carbocycles. The zero-order valence-corrected chi connectivity index (χ0v) is 16.6. The van der Waals surface area contributed by atoms with Gasteiger partial charge in [-0.3, -0.25) is 9.79 Å². The molecular formula is C20H26N3O2P. The first-order valence-electron chi connectivity index (χ1n) is 9.09. The molecule has 1 aliphatic heterocycles. The third-order valence-corrected chi connectivity index (χ3v) is 5.15. The van der Waals surface area contributed by atoms with Crippen molar-refractivity contribution >= 4 is 26.5 Å². The summed E-state index contributed by atoms with van der Waals surface area (Å²) in [4.78, 5) is 17.2. The summed E-state index contributed by atoms with van der Waals surface area (Å²) in [5, 5.41) is 5.93. The lowest BCUT2D eigenvalue weighted by atomic mass is 10.2. The topological polar surface area (TPSA) is 55.6 Å². The van der Waals surface area contributed by atoms with Gasteiger partial charge in [0, 0.05) is 24.8 Å². The van der Waals surface area contributed by atoms with E-state index in [1.807, 2.05) is 24.4 Å². The minimum Gasteiger partial charge on any atom is -0.496 e. The van der Waals surface area contributed by atoms with Gasteiger partial charge in [-0.25, -0.2) is 0 Å². The fraction of sp³-hybridized carbons (Fsp3) is 0.400. The molecule has 3 rings (SSSR count). The van der Waals surface area contributed by atoms with Gasteiger partial charge in [-0.1, -0.05) is 31.6 Å². The molecule has 0 radical (unpaired) electrons. The number of hydrogen-bond acceptors (Lipinski definition) is 3. The predicted molar refractivity (Wildman–Crippen MR) is 108 cm³/mol. The van der Waals surface area contributed by atoms with Gasteiger partial charge in [0.2, 0.25) is 0 Å². The highest BCUT2D eigenvalue weighted by atomic mass is 31.0.